The van der Waals surface area contributed by atoms with Gasteiger partial charge in [0.15, 0.2) is 0 Å². The van der Waals surface area contributed by atoms with Crippen LogP contribution < -0.4 is 0 Å². The minimum absolute atomic E-state index is 1.11. The van der Waals surface area contributed by atoms with E-state index in [9.17, 15) is 0 Å². The maximum atomic E-state index is 2.38. The summed E-state index contributed by atoms with van der Waals surface area (Å²) in [5.74, 6) is 0. The van der Waals surface area contributed by atoms with Crippen molar-refractivity contribution in [2.75, 3.05) is 13.1 Å². The molecule has 1 nitrogen and oxygen atoms in total. The molecule has 1 aliphatic rings. The van der Waals surface area contributed by atoms with Crippen molar-refractivity contribution >= 4 is 0 Å². The first-order valence-corrected chi connectivity index (χ1v) is 4.98. The monoisotopic (exact) mass is 165 g/mol. The maximum absolute atomic E-state index is 2.38. The third kappa shape index (κ3) is 2.72. The number of hydrogen-bond acceptors (Lipinski definition) is 1. The van der Waals surface area contributed by atoms with E-state index in [4.69, 9.17) is 0 Å². The third-order valence-corrected chi connectivity index (χ3v) is 2.29. The van der Waals surface area contributed by atoms with Crippen molar-refractivity contribution in [3.05, 3.63) is 23.9 Å². The number of rotatable bonds is 4. The summed E-state index contributed by atoms with van der Waals surface area (Å²) in [6, 6.07) is 0. The Morgan fingerprint density at radius 1 is 1.42 bits per heavy atom. The Morgan fingerprint density at radius 2 is 2.25 bits per heavy atom. The van der Waals surface area contributed by atoms with Gasteiger partial charge in [0.2, 0.25) is 0 Å². The van der Waals surface area contributed by atoms with Crippen molar-refractivity contribution in [2.45, 2.75) is 33.1 Å². The van der Waals surface area contributed by atoms with Crippen LogP contribution in [0.5, 0.6) is 0 Å². The van der Waals surface area contributed by atoms with Gasteiger partial charge in [-0.25, -0.2) is 0 Å². The van der Waals surface area contributed by atoms with Gasteiger partial charge in [-0.15, -0.1) is 0 Å². The van der Waals surface area contributed by atoms with Gasteiger partial charge in [-0.3, -0.25) is 0 Å². The number of nitrogens with zero attached hydrogens (tertiary/aromatic N) is 1. The van der Waals surface area contributed by atoms with Crippen LogP contribution in [0.3, 0.4) is 0 Å². The van der Waals surface area contributed by atoms with Crippen molar-refractivity contribution < 1.29 is 0 Å². The minimum atomic E-state index is 1.11. The van der Waals surface area contributed by atoms with Crippen molar-refractivity contribution in [1.29, 1.82) is 0 Å². The molecular weight excluding hydrogens is 146 g/mol. The molecule has 1 aliphatic heterocycles. The molecule has 1 heteroatoms. The summed E-state index contributed by atoms with van der Waals surface area (Å²) < 4.78 is 0. The molecule has 1 heterocycles. The first-order valence-electron chi connectivity index (χ1n) is 4.98. The van der Waals surface area contributed by atoms with Gasteiger partial charge in [-0.1, -0.05) is 26.3 Å². The van der Waals surface area contributed by atoms with Gasteiger partial charge in [0.25, 0.3) is 0 Å². The first-order chi connectivity index (χ1) is 5.86. The molecule has 0 N–H and O–H groups in total. The van der Waals surface area contributed by atoms with Crippen LogP contribution in [-0.4, -0.2) is 18.0 Å². The number of unbranched alkanes of at least 4 members (excludes halogenated alkanes) is 1. The van der Waals surface area contributed by atoms with Crippen LogP contribution in [0.1, 0.15) is 33.1 Å². The summed E-state index contributed by atoms with van der Waals surface area (Å²) in [4.78, 5) is 2.38. The van der Waals surface area contributed by atoms with Gasteiger partial charge < -0.3 is 4.90 Å². The molecule has 0 saturated heterocycles. The fourth-order valence-corrected chi connectivity index (χ4v) is 1.35. The molecule has 0 aromatic rings. The Bertz CT molecular complexity index is 179. The molecule has 0 fully saturated rings. The van der Waals surface area contributed by atoms with E-state index in [1.165, 1.54) is 25.0 Å². The molecule has 0 bridgehead atoms. The summed E-state index contributed by atoms with van der Waals surface area (Å²) in [6.45, 7) is 6.76. The lowest BCUT2D eigenvalue weighted by Gasteiger charge is -2.21. The predicted octanol–water partition coefficient (Wildman–Crippen LogP) is 2.95. The zero-order chi connectivity index (χ0) is 8.81. The normalized spacial score (nSPS) is 16.5. The van der Waals surface area contributed by atoms with Crippen LogP contribution in [0.25, 0.3) is 0 Å². The Morgan fingerprint density at radius 3 is 2.75 bits per heavy atom. The molecule has 0 unspecified atom stereocenters. The van der Waals surface area contributed by atoms with Crippen molar-refractivity contribution in [3.8, 4) is 0 Å². The second kappa shape index (κ2) is 5.02. The highest BCUT2D eigenvalue weighted by atomic mass is 15.1. The van der Waals surface area contributed by atoms with Crippen LogP contribution in [0, 0.1) is 0 Å². The van der Waals surface area contributed by atoms with Gasteiger partial charge >= 0.3 is 0 Å². The van der Waals surface area contributed by atoms with E-state index < -0.39 is 0 Å². The van der Waals surface area contributed by atoms with E-state index >= 15 is 0 Å². The zero-order valence-corrected chi connectivity index (χ0v) is 8.21. The van der Waals surface area contributed by atoms with Gasteiger partial charge in [0, 0.05) is 13.1 Å². The number of allylic oxidation sites excluding steroid dienone is 2. The van der Waals surface area contributed by atoms with Crippen molar-refractivity contribution in [3.63, 3.8) is 0 Å². The van der Waals surface area contributed by atoms with Crippen LogP contribution in [0.4, 0.5) is 0 Å². The van der Waals surface area contributed by atoms with E-state index in [1.807, 2.05) is 0 Å². The lowest BCUT2D eigenvalue weighted by Crippen LogP contribution is -2.20. The smallest absolute Gasteiger partial charge is 0.0359 e. The topological polar surface area (TPSA) is 3.24 Å². The predicted molar refractivity (Wildman–Crippen MR) is 54.0 cm³/mol. The average Bonchev–Trinajstić information content (AvgIpc) is 2.15. The molecule has 12 heavy (non-hydrogen) atoms. The fourth-order valence-electron chi connectivity index (χ4n) is 1.35. The highest BCUT2D eigenvalue weighted by molar-refractivity contribution is 5.21. The molecule has 1 rings (SSSR count). The van der Waals surface area contributed by atoms with E-state index in [2.05, 4.69) is 37.1 Å². The Labute approximate surface area is 75.8 Å². The SMILES string of the molecule is CCCCN1C=CC(CC)=CC1. The summed E-state index contributed by atoms with van der Waals surface area (Å²) in [5, 5.41) is 0. The Hall–Kier alpha value is -0.720. The highest BCUT2D eigenvalue weighted by Gasteiger charge is 2.01. The molecule has 0 atom stereocenters. The lowest BCUT2D eigenvalue weighted by molar-refractivity contribution is 0.399. The Kier molecular flexibility index (Phi) is 3.92. The molecule has 0 amide bonds. The van der Waals surface area contributed by atoms with Crippen molar-refractivity contribution in [1.82, 2.24) is 4.90 Å². The van der Waals surface area contributed by atoms with Crippen LogP contribution in [0.15, 0.2) is 23.9 Å². The summed E-state index contributed by atoms with van der Waals surface area (Å²) in [5.41, 5.74) is 1.47. The lowest BCUT2D eigenvalue weighted by atomic mass is 10.1. The number of hydrogen-bond donors (Lipinski definition) is 0. The van der Waals surface area contributed by atoms with E-state index in [-0.39, 0.29) is 0 Å². The molecule has 68 valence electrons. The molecule has 0 aromatic heterocycles. The van der Waals surface area contributed by atoms with Gasteiger partial charge in [-0.05, 0) is 30.7 Å². The summed E-state index contributed by atoms with van der Waals surface area (Å²) in [7, 11) is 0. The van der Waals surface area contributed by atoms with Crippen LogP contribution in [-0.2, 0) is 0 Å². The molecule has 0 aromatic carbocycles. The van der Waals surface area contributed by atoms with Gasteiger partial charge in [0.05, 0.1) is 0 Å². The summed E-state index contributed by atoms with van der Waals surface area (Å²) >= 11 is 0. The molecule has 0 radical (unpaired) electrons. The van der Waals surface area contributed by atoms with Crippen molar-refractivity contribution in [2.24, 2.45) is 0 Å². The first kappa shape index (κ1) is 9.37. The van der Waals surface area contributed by atoms with Crippen LogP contribution >= 0.6 is 0 Å². The Balaban J connectivity index is 2.28. The molecule has 0 aliphatic carbocycles. The quantitative estimate of drug-likeness (QED) is 0.619. The largest absolute Gasteiger partial charge is 0.374 e. The standard InChI is InChI=1S/C11H19N/c1-3-5-8-12-9-6-11(4-2)7-10-12/h6-7,9H,3-5,8,10H2,1-2H3. The molecule has 0 saturated carbocycles. The highest BCUT2D eigenvalue weighted by Crippen LogP contribution is 2.10. The maximum Gasteiger partial charge on any atom is 0.0359 e. The minimum Gasteiger partial charge on any atom is -0.374 e. The van der Waals surface area contributed by atoms with Gasteiger partial charge in [0.1, 0.15) is 0 Å². The second-order valence-electron chi connectivity index (χ2n) is 3.30. The second-order valence-corrected chi connectivity index (χ2v) is 3.30. The fraction of sp³-hybridized carbons (Fsp3) is 0.636. The average molecular weight is 165 g/mol. The van der Waals surface area contributed by atoms with Gasteiger partial charge in [-0.2, -0.15) is 0 Å². The van der Waals surface area contributed by atoms with E-state index in [0.717, 1.165) is 13.0 Å². The molecular formula is C11H19N. The zero-order valence-electron chi connectivity index (χ0n) is 8.21. The third-order valence-electron chi connectivity index (χ3n) is 2.29. The summed E-state index contributed by atoms with van der Waals surface area (Å²) in [6.07, 6.45) is 10.6. The van der Waals surface area contributed by atoms with E-state index in [0.29, 0.717) is 0 Å². The van der Waals surface area contributed by atoms with E-state index in [1.54, 1.807) is 0 Å². The van der Waals surface area contributed by atoms with Crippen LogP contribution in [0.2, 0.25) is 0 Å². The molecule has 0 spiro atoms.